The van der Waals surface area contributed by atoms with Crippen LogP contribution >= 0.6 is 0 Å². The van der Waals surface area contributed by atoms with Crippen molar-refractivity contribution in [2.75, 3.05) is 6.61 Å². The fraction of sp³-hybridized carbons (Fsp3) is 1.00. The molecule has 0 saturated heterocycles. The van der Waals surface area contributed by atoms with Gasteiger partial charge in [0.2, 0.25) is 0 Å². The van der Waals surface area contributed by atoms with Crippen LogP contribution in [0.15, 0.2) is 0 Å². The van der Waals surface area contributed by atoms with E-state index >= 15 is 0 Å². The van der Waals surface area contributed by atoms with E-state index in [1.165, 1.54) is 0 Å². The molecule has 0 amide bonds. The number of aliphatic hydroxyl groups excluding tert-OH is 1. The zero-order chi connectivity index (χ0) is 12.2. The van der Waals surface area contributed by atoms with Gasteiger partial charge in [-0.3, -0.25) is 0 Å². The molecule has 0 aliphatic heterocycles. The van der Waals surface area contributed by atoms with Crippen LogP contribution in [-0.2, 0) is 26.2 Å². The van der Waals surface area contributed by atoms with Gasteiger partial charge < -0.3 is 20.9 Å². The van der Waals surface area contributed by atoms with Crippen LogP contribution in [-0.4, -0.2) is 35.8 Å². The van der Waals surface area contributed by atoms with Crippen molar-refractivity contribution in [3.63, 3.8) is 0 Å². The topological polar surface area (TPSA) is 103 Å². The molecule has 18 heavy (non-hydrogen) atoms. The molecule has 0 aliphatic carbocycles. The Hall–Kier alpha value is 0.940. The largest absolute Gasteiger partial charge is 0.432 e. The van der Waals surface area contributed by atoms with Crippen LogP contribution in [0.3, 0.4) is 0 Å². The molecule has 0 bridgehead atoms. The van der Waals surface area contributed by atoms with Gasteiger partial charge in [0, 0.05) is 32.8 Å². The molecule has 0 atom stereocenters. The van der Waals surface area contributed by atoms with Crippen LogP contribution in [0.2, 0.25) is 18.1 Å². The van der Waals surface area contributed by atoms with Crippen LogP contribution in [0.25, 0.3) is 0 Å². The van der Waals surface area contributed by atoms with Crippen LogP contribution in [0, 0.1) is 0 Å². The van der Waals surface area contributed by atoms with Gasteiger partial charge in [0.05, 0.1) is 0 Å². The van der Waals surface area contributed by atoms with Crippen LogP contribution in [0.1, 0.15) is 53.4 Å². The Balaban J connectivity index is -0.0000000712. The molecule has 0 unspecified atom stereocenters. The molecule has 0 aromatic rings. The summed E-state index contributed by atoms with van der Waals surface area (Å²) in [5, 5.41) is 7.88. The third kappa shape index (κ3) is 22.1. The van der Waals surface area contributed by atoms with Gasteiger partial charge in [0.15, 0.2) is 8.32 Å². The third-order valence-corrected chi connectivity index (χ3v) is 6.66. The van der Waals surface area contributed by atoms with Crippen molar-refractivity contribution in [2.45, 2.75) is 71.5 Å². The summed E-state index contributed by atoms with van der Waals surface area (Å²) in [5.74, 6) is 0. The molecule has 0 aromatic heterocycles. The van der Waals surface area contributed by atoms with Crippen LogP contribution in [0.4, 0.5) is 0 Å². The molecule has 0 aliphatic rings. The van der Waals surface area contributed by atoms with Gasteiger partial charge >= 0.3 is 0 Å². The molecule has 4 nitrogen and oxygen atoms in total. The fourth-order valence-electron chi connectivity index (χ4n) is 1.77. The van der Waals surface area contributed by atoms with E-state index in [9.17, 15) is 4.80 Å². The molecule has 0 rings (SSSR count). The molecular weight excluding hydrogens is 327 g/mol. The standard InChI is InChI=1S/C9H22OSi.C3H8O.2H2O.Zr/c1-4-7-11(10,8-5-2)9-6-3;1-2-3-4;;;/h10H,4-9H2,1-3H3;4H,2-3H2,1H3;2*1H2;. The maximum atomic E-state index is 10.2. The SMILES string of the molecule is CCCO.CCC[Si](O)(CCC)CCC.O.O.[Zr]. The average Bonchev–Trinajstić information content (AvgIpc) is 2.19. The van der Waals surface area contributed by atoms with Gasteiger partial charge in [-0.1, -0.05) is 47.0 Å². The molecule has 0 fully saturated rings. The van der Waals surface area contributed by atoms with E-state index in [1.807, 2.05) is 6.92 Å². The monoisotopic (exact) mass is 360 g/mol. The van der Waals surface area contributed by atoms with Crippen molar-refractivity contribution in [3.05, 3.63) is 0 Å². The Labute approximate surface area is 133 Å². The van der Waals surface area contributed by atoms with Gasteiger partial charge in [0.1, 0.15) is 0 Å². The van der Waals surface area contributed by atoms with Gasteiger partial charge in [-0.15, -0.1) is 0 Å². The van der Waals surface area contributed by atoms with E-state index in [4.69, 9.17) is 5.11 Å². The molecular formula is C12H34O4SiZr. The number of hydrogen-bond donors (Lipinski definition) is 2. The molecule has 6 N–H and O–H groups in total. The molecule has 0 radical (unpaired) electrons. The fourth-order valence-corrected chi connectivity index (χ4v) is 5.31. The zero-order valence-corrected chi connectivity index (χ0v) is 16.0. The summed E-state index contributed by atoms with van der Waals surface area (Å²) in [6, 6.07) is 3.32. The second-order valence-corrected chi connectivity index (χ2v) is 8.15. The summed E-state index contributed by atoms with van der Waals surface area (Å²) in [5.41, 5.74) is 0. The number of hydrogen-bond acceptors (Lipinski definition) is 2. The van der Waals surface area contributed by atoms with Gasteiger partial charge in [-0.2, -0.15) is 0 Å². The second kappa shape index (κ2) is 23.1. The van der Waals surface area contributed by atoms with Gasteiger partial charge in [0.25, 0.3) is 0 Å². The van der Waals surface area contributed by atoms with Gasteiger partial charge in [-0.05, 0) is 24.6 Å². The number of rotatable bonds is 7. The van der Waals surface area contributed by atoms with Crippen molar-refractivity contribution < 1.29 is 47.1 Å². The summed E-state index contributed by atoms with van der Waals surface area (Å²) in [6.45, 7) is 8.76. The Bertz CT molecular complexity index is 110. The Morgan fingerprint density at radius 3 is 1.06 bits per heavy atom. The van der Waals surface area contributed by atoms with Crippen molar-refractivity contribution in [1.29, 1.82) is 0 Å². The summed E-state index contributed by atoms with van der Waals surface area (Å²) in [7, 11) is -1.75. The Morgan fingerprint density at radius 2 is 0.944 bits per heavy atom. The molecule has 6 heteroatoms. The maximum Gasteiger partial charge on any atom is 0.188 e. The van der Waals surface area contributed by atoms with E-state index in [0.717, 1.165) is 43.8 Å². The predicted octanol–water partition coefficient (Wildman–Crippen LogP) is 1.89. The molecule has 0 spiro atoms. The van der Waals surface area contributed by atoms with E-state index < -0.39 is 8.32 Å². The Morgan fingerprint density at radius 1 is 0.722 bits per heavy atom. The minimum Gasteiger partial charge on any atom is -0.432 e. The molecule has 0 aromatic carbocycles. The second-order valence-electron chi connectivity index (χ2n) is 4.20. The summed E-state index contributed by atoms with van der Waals surface area (Å²) in [6.07, 6.45) is 4.34. The first kappa shape index (κ1) is 31.4. The predicted molar refractivity (Wildman–Crippen MR) is 77.9 cm³/mol. The number of aliphatic hydroxyl groups is 1. The summed E-state index contributed by atoms with van der Waals surface area (Å²) >= 11 is 0. The summed E-state index contributed by atoms with van der Waals surface area (Å²) in [4.78, 5) is 10.2. The molecule has 0 saturated carbocycles. The van der Waals surface area contributed by atoms with Crippen LogP contribution in [0.5, 0.6) is 0 Å². The first-order chi connectivity index (χ1) is 7.10. The smallest absolute Gasteiger partial charge is 0.188 e. The molecule has 0 heterocycles. The first-order valence-electron chi connectivity index (χ1n) is 6.43. The van der Waals surface area contributed by atoms with E-state index in [2.05, 4.69) is 20.8 Å². The normalized spacial score (nSPS) is 9.00. The summed E-state index contributed by atoms with van der Waals surface area (Å²) < 4.78 is 0. The van der Waals surface area contributed by atoms with E-state index in [1.54, 1.807) is 0 Å². The average molecular weight is 362 g/mol. The molecule has 114 valence electrons. The van der Waals surface area contributed by atoms with Crippen molar-refractivity contribution in [2.24, 2.45) is 0 Å². The maximum absolute atomic E-state index is 10.2. The minimum absolute atomic E-state index is 0. The van der Waals surface area contributed by atoms with E-state index in [0.29, 0.717) is 6.61 Å². The quantitative estimate of drug-likeness (QED) is 0.676. The van der Waals surface area contributed by atoms with Crippen molar-refractivity contribution in [3.8, 4) is 0 Å². The zero-order valence-electron chi connectivity index (χ0n) is 12.6. The van der Waals surface area contributed by atoms with E-state index in [-0.39, 0.29) is 37.2 Å². The van der Waals surface area contributed by atoms with Crippen molar-refractivity contribution in [1.82, 2.24) is 0 Å². The third-order valence-electron chi connectivity index (χ3n) is 2.37. The van der Waals surface area contributed by atoms with Crippen molar-refractivity contribution >= 4 is 8.32 Å². The first-order valence-corrected chi connectivity index (χ1v) is 9.00. The van der Waals surface area contributed by atoms with Gasteiger partial charge in [-0.25, -0.2) is 0 Å². The Kier molecular flexibility index (Phi) is 40.2. The van der Waals surface area contributed by atoms with Crippen LogP contribution < -0.4 is 0 Å². The minimum atomic E-state index is -1.75.